The molecule has 0 aliphatic carbocycles. The number of amides is 1. The number of anilines is 2. The van der Waals surface area contributed by atoms with Gasteiger partial charge in [0.1, 0.15) is 5.75 Å². The summed E-state index contributed by atoms with van der Waals surface area (Å²) in [7, 11) is 1.57. The number of nitrogens with one attached hydrogen (secondary N) is 2. The van der Waals surface area contributed by atoms with Crippen molar-refractivity contribution in [1.29, 1.82) is 0 Å². The van der Waals surface area contributed by atoms with Gasteiger partial charge in [-0.1, -0.05) is 29.3 Å². The highest BCUT2D eigenvalue weighted by molar-refractivity contribution is 6.31. The van der Waals surface area contributed by atoms with E-state index >= 15 is 0 Å². The van der Waals surface area contributed by atoms with E-state index in [4.69, 9.17) is 27.9 Å². The van der Waals surface area contributed by atoms with Crippen molar-refractivity contribution in [3.63, 3.8) is 0 Å². The average Bonchev–Trinajstić information content (AvgIpc) is 2.70. The molecule has 1 saturated heterocycles. The van der Waals surface area contributed by atoms with Crippen LogP contribution < -0.4 is 19.9 Å². The van der Waals surface area contributed by atoms with E-state index in [1.807, 2.05) is 38.1 Å². The molecule has 0 radical (unpaired) electrons. The van der Waals surface area contributed by atoms with Crippen LogP contribution in [0.4, 0.5) is 11.4 Å². The quantitative estimate of drug-likeness (QED) is 0.777. The molecule has 1 amide bonds. The lowest BCUT2D eigenvalue weighted by Gasteiger charge is -2.36. The summed E-state index contributed by atoms with van der Waals surface area (Å²) in [5, 5.41) is 4.36. The van der Waals surface area contributed by atoms with Crippen LogP contribution in [0.5, 0.6) is 5.75 Å². The summed E-state index contributed by atoms with van der Waals surface area (Å²) >= 11 is 12.3. The highest BCUT2D eigenvalue weighted by Gasteiger charge is 2.29. The van der Waals surface area contributed by atoms with Crippen molar-refractivity contribution in [2.75, 3.05) is 43.5 Å². The van der Waals surface area contributed by atoms with Crippen molar-refractivity contribution in [1.82, 2.24) is 0 Å². The Balaban J connectivity index is 1.61. The van der Waals surface area contributed by atoms with Crippen LogP contribution in [0.15, 0.2) is 36.4 Å². The van der Waals surface area contributed by atoms with Crippen LogP contribution in [0.1, 0.15) is 12.5 Å². The first kappa shape index (κ1) is 20.8. The van der Waals surface area contributed by atoms with Gasteiger partial charge in [0.15, 0.2) is 6.04 Å². The largest absolute Gasteiger partial charge is 0.495 e. The first-order valence-electron chi connectivity index (χ1n) is 9.39. The number of nitrogens with zero attached hydrogens (tertiary/aromatic N) is 1. The number of halogens is 2. The third-order valence-corrected chi connectivity index (χ3v) is 5.97. The molecule has 0 spiro atoms. The fourth-order valence-electron chi connectivity index (χ4n) is 3.51. The van der Waals surface area contributed by atoms with E-state index in [2.05, 4.69) is 16.3 Å². The lowest BCUT2D eigenvalue weighted by molar-refractivity contribution is -0.914. The molecule has 150 valence electrons. The van der Waals surface area contributed by atoms with Gasteiger partial charge in [0, 0.05) is 21.8 Å². The van der Waals surface area contributed by atoms with Gasteiger partial charge in [-0.3, -0.25) is 4.79 Å². The van der Waals surface area contributed by atoms with Gasteiger partial charge in [0.05, 0.1) is 39.0 Å². The lowest BCUT2D eigenvalue weighted by Crippen LogP contribution is -3.19. The molecular weight excluding hydrogens is 397 g/mol. The molecule has 1 atom stereocenters. The van der Waals surface area contributed by atoms with Gasteiger partial charge < -0.3 is 19.9 Å². The molecule has 1 fully saturated rings. The Kier molecular flexibility index (Phi) is 6.70. The minimum Gasteiger partial charge on any atom is -0.495 e. The van der Waals surface area contributed by atoms with Crippen molar-refractivity contribution in [2.24, 2.45) is 0 Å². The summed E-state index contributed by atoms with van der Waals surface area (Å²) in [6.07, 6.45) is 0. The zero-order valence-corrected chi connectivity index (χ0v) is 17.9. The van der Waals surface area contributed by atoms with Crippen molar-refractivity contribution in [2.45, 2.75) is 19.9 Å². The van der Waals surface area contributed by atoms with Crippen LogP contribution >= 0.6 is 23.2 Å². The Morgan fingerprint density at radius 2 is 1.93 bits per heavy atom. The van der Waals surface area contributed by atoms with Gasteiger partial charge in [-0.2, -0.15) is 0 Å². The summed E-state index contributed by atoms with van der Waals surface area (Å²) in [4.78, 5) is 16.4. The van der Waals surface area contributed by atoms with Crippen LogP contribution in [0, 0.1) is 6.92 Å². The summed E-state index contributed by atoms with van der Waals surface area (Å²) in [5.41, 5.74) is 2.68. The van der Waals surface area contributed by atoms with Gasteiger partial charge in [-0.15, -0.1) is 0 Å². The van der Waals surface area contributed by atoms with Gasteiger partial charge in [0.25, 0.3) is 5.91 Å². The van der Waals surface area contributed by atoms with Crippen molar-refractivity contribution in [3.8, 4) is 5.75 Å². The molecular formula is C21H26Cl2N3O2+. The molecule has 28 heavy (non-hydrogen) atoms. The monoisotopic (exact) mass is 422 g/mol. The van der Waals surface area contributed by atoms with E-state index in [1.54, 1.807) is 13.2 Å². The highest BCUT2D eigenvalue weighted by Crippen LogP contribution is 2.31. The molecule has 0 aromatic heterocycles. The summed E-state index contributed by atoms with van der Waals surface area (Å²) in [6.45, 7) is 7.42. The van der Waals surface area contributed by atoms with Crippen LogP contribution in [0.2, 0.25) is 10.0 Å². The van der Waals surface area contributed by atoms with Crippen molar-refractivity contribution < 1.29 is 14.4 Å². The van der Waals surface area contributed by atoms with Gasteiger partial charge >= 0.3 is 0 Å². The SMILES string of the molecule is COc1cc(Cl)c(C)cc1NC(=O)[C@@H](C)[NH+]1CCN(c2cccc(Cl)c2)CC1. The maximum Gasteiger partial charge on any atom is 0.282 e. The van der Waals surface area contributed by atoms with E-state index in [0.29, 0.717) is 16.5 Å². The molecule has 0 unspecified atom stereocenters. The minimum atomic E-state index is -0.165. The molecule has 0 bridgehead atoms. The smallest absolute Gasteiger partial charge is 0.282 e. The maximum absolute atomic E-state index is 12.8. The second kappa shape index (κ2) is 9.03. The zero-order chi connectivity index (χ0) is 20.3. The van der Waals surface area contributed by atoms with Crippen LogP contribution in [0.3, 0.4) is 0 Å². The molecule has 1 heterocycles. The minimum absolute atomic E-state index is 0.0220. The Bertz CT molecular complexity index is 852. The standard InChI is InChI=1S/C21H25Cl2N3O2/c1-14-11-19(20(28-3)13-18(14)23)24-21(27)15(2)25-7-9-26(10-8-25)17-6-4-5-16(22)12-17/h4-6,11-13,15H,7-10H2,1-3H3,(H,24,27)/p+1/t15-/m1/s1. The topological polar surface area (TPSA) is 46.0 Å². The number of methoxy groups -OCH3 is 1. The summed E-state index contributed by atoms with van der Waals surface area (Å²) < 4.78 is 5.36. The summed E-state index contributed by atoms with van der Waals surface area (Å²) in [6, 6.07) is 11.3. The van der Waals surface area contributed by atoms with E-state index in [1.165, 1.54) is 4.90 Å². The molecule has 0 saturated carbocycles. The highest BCUT2D eigenvalue weighted by atomic mass is 35.5. The number of carbonyl (C=O) groups excluding carboxylic acids is 1. The number of carbonyl (C=O) groups is 1. The fraction of sp³-hybridized carbons (Fsp3) is 0.381. The Labute approximate surface area is 176 Å². The van der Waals surface area contributed by atoms with Gasteiger partial charge in [-0.05, 0) is 43.7 Å². The van der Waals surface area contributed by atoms with Crippen molar-refractivity contribution in [3.05, 3.63) is 52.0 Å². The Morgan fingerprint density at radius 1 is 1.21 bits per heavy atom. The first-order chi connectivity index (χ1) is 13.4. The van der Waals surface area contributed by atoms with E-state index in [-0.39, 0.29) is 11.9 Å². The molecule has 3 rings (SSSR count). The average molecular weight is 423 g/mol. The van der Waals surface area contributed by atoms with Crippen LogP contribution in [-0.4, -0.2) is 45.2 Å². The Hall–Kier alpha value is -1.95. The van der Waals surface area contributed by atoms with Gasteiger partial charge in [-0.25, -0.2) is 0 Å². The number of rotatable bonds is 5. The van der Waals surface area contributed by atoms with Crippen LogP contribution in [-0.2, 0) is 4.79 Å². The van der Waals surface area contributed by atoms with E-state index < -0.39 is 0 Å². The van der Waals surface area contributed by atoms with Crippen LogP contribution in [0.25, 0.3) is 0 Å². The summed E-state index contributed by atoms with van der Waals surface area (Å²) in [5.74, 6) is 0.545. The number of aryl methyl sites for hydroxylation is 1. The lowest BCUT2D eigenvalue weighted by atomic mass is 10.1. The first-order valence-corrected chi connectivity index (χ1v) is 10.1. The third kappa shape index (κ3) is 4.72. The molecule has 5 nitrogen and oxygen atoms in total. The maximum atomic E-state index is 12.8. The molecule has 7 heteroatoms. The van der Waals surface area contributed by atoms with E-state index in [9.17, 15) is 4.79 Å². The molecule has 1 aliphatic heterocycles. The fourth-order valence-corrected chi connectivity index (χ4v) is 3.85. The number of hydrogen-bond donors (Lipinski definition) is 2. The zero-order valence-electron chi connectivity index (χ0n) is 16.4. The Morgan fingerprint density at radius 3 is 2.57 bits per heavy atom. The number of hydrogen-bond acceptors (Lipinski definition) is 3. The normalized spacial score (nSPS) is 16.0. The van der Waals surface area contributed by atoms with Crippen molar-refractivity contribution >= 4 is 40.5 Å². The number of quaternary nitrogens is 1. The number of piperazine rings is 1. The second-order valence-corrected chi connectivity index (χ2v) is 7.98. The number of ether oxygens (including phenoxy) is 1. The van der Waals surface area contributed by atoms with E-state index in [0.717, 1.165) is 42.5 Å². The molecule has 2 aromatic rings. The third-order valence-electron chi connectivity index (χ3n) is 5.32. The second-order valence-electron chi connectivity index (χ2n) is 7.14. The predicted molar refractivity (Wildman–Crippen MR) is 115 cm³/mol. The molecule has 2 aromatic carbocycles. The molecule has 1 aliphatic rings. The predicted octanol–water partition coefficient (Wildman–Crippen LogP) is 3.04. The van der Waals surface area contributed by atoms with Gasteiger partial charge in [0.2, 0.25) is 0 Å². The number of benzene rings is 2. The molecule has 2 N–H and O–H groups in total.